The average Bonchev–Trinajstić information content (AvgIpc) is 3.56. The molecule has 5 aromatic rings. The predicted octanol–water partition coefficient (Wildman–Crippen LogP) is 8.21. The van der Waals surface area contributed by atoms with Crippen molar-refractivity contribution in [3.8, 4) is 5.75 Å². The number of phenols is 1. The van der Waals surface area contributed by atoms with Crippen molar-refractivity contribution in [3.63, 3.8) is 0 Å². The van der Waals surface area contributed by atoms with E-state index >= 15 is 9.59 Å². The van der Waals surface area contributed by atoms with E-state index in [1.165, 1.54) is 9.80 Å². The first kappa shape index (κ1) is 32.1. The van der Waals surface area contributed by atoms with Gasteiger partial charge >= 0.3 is 0 Å². The van der Waals surface area contributed by atoms with Crippen LogP contribution in [0, 0.1) is 23.7 Å². The van der Waals surface area contributed by atoms with E-state index in [1.807, 2.05) is 78.9 Å². The van der Waals surface area contributed by atoms with Crippen LogP contribution in [0.15, 0.2) is 133 Å². The molecule has 1 N–H and O–H groups in total. The number of carbonyl (C=O) groups excluding carboxylic acids is 4. The van der Waals surface area contributed by atoms with E-state index in [1.54, 1.807) is 48.5 Å². The smallest absolute Gasteiger partial charge is 0.246 e. The Bertz CT molecular complexity index is 2390. The summed E-state index contributed by atoms with van der Waals surface area (Å²) in [7, 11) is 0. The number of imide groups is 2. The van der Waals surface area contributed by atoms with Crippen LogP contribution < -0.4 is 9.80 Å². The molecule has 2 aliphatic carbocycles. The van der Waals surface area contributed by atoms with Gasteiger partial charge in [-0.05, 0) is 77.1 Å². The molecule has 7 nitrogen and oxygen atoms in total. The molecule has 4 aliphatic rings. The zero-order valence-electron chi connectivity index (χ0n) is 28.0. The van der Waals surface area contributed by atoms with Crippen molar-refractivity contribution in [2.75, 3.05) is 9.80 Å². The summed E-state index contributed by atoms with van der Waals surface area (Å²) in [6.07, 6.45) is 4.14. The molecule has 0 bridgehead atoms. The monoisotopic (exact) mass is 704 g/mol. The molecule has 2 heterocycles. The fourth-order valence-electron chi connectivity index (χ4n) is 9.66. The van der Waals surface area contributed by atoms with E-state index < -0.39 is 46.8 Å². The second kappa shape index (κ2) is 11.9. The SMILES string of the molecule is C=Cc1ccc(N2C(=O)C3CC=C4C(CC5C(=O)N(c6cccc(Cl)c6)C(=O)C5(c5ccccc5)C4c4c(O)ccc5ccccc45)C3C2=O)cc1. The molecule has 9 rings (SSSR count). The van der Waals surface area contributed by atoms with Gasteiger partial charge in [-0.2, -0.15) is 0 Å². The molecule has 2 aliphatic heterocycles. The Hall–Kier alpha value is -5.79. The number of anilines is 2. The Kier molecular flexibility index (Phi) is 7.35. The largest absolute Gasteiger partial charge is 0.508 e. The number of carbonyl (C=O) groups is 4. The van der Waals surface area contributed by atoms with Gasteiger partial charge in [0.1, 0.15) is 5.75 Å². The van der Waals surface area contributed by atoms with E-state index in [0.717, 1.165) is 21.9 Å². The number of hydrogen-bond acceptors (Lipinski definition) is 5. The number of hydrogen-bond donors (Lipinski definition) is 1. The molecule has 52 heavy (non-hydrogen) atoms. The van der Waals surface area contributed by atoms with Crippen LogP contribution in [-0.2, 0) is 24.6 Å². The van der Waals surface area contributed by atoms with E-state index in [0.29, 0.717) is 27.5 Å². The first-order valence-corrected chi connectivity index (χ1v) is 17.8. The molecule has 3 fully saturated rings. The van der Waals surface area contributed by atoms with Gasteiger partial charge in [-0.1, -0.05) is 115 Å². The van der Waals surface area contributed by atoms with Gasteiger partial charge in [0.25, 0.3) is 0 Å². The number of amides is 4. The molecular weight excluding hydrogens is 672 g/mol. The lowest BCUT2D eigenvalue weighted by Crippen LogP contribution is -2.53. The summed E-state index contributed by atoms with van der Waals surface area (Å²) in [5.41, 5.74) is 2.14. The van der Waals surface area contributed by atoms with Crippen LogP contribution in [0.1, 0.15) is 35.4 Å². The number of benzene rings is 5. The van der Waals surface area contributed by atoms with Crippen LogP contribution in [0.2, 0.25) is 5.02 Å². The second-order valence-corrected chi connectivity index (χ2v) is 14.6. The number of halogens is 1. The minimum atomic E-state index is -1.50. The maximum absolute atomic E-state index is 15.5. The average molecular weight is 705 g/mol. The number of phenolic OH excluding ortho intramolecular Hbond substituents is 1. The highest BCUT2D eigenvalue weighted by molar-refractivity contribution is 6.32. The molecule has 5 aromatic carbocycles. The zero-order chi connectivity index (χ0) is 35.9. The molecular formula is C44H33ClN2O5. The topological polar surface area (TPSA) is 95.0 Å². The van der Waals surface area contributed by atoms with E-state index in [-0.39, 0.29) is 30.4 Å². The summed E-state index contributed by atoms with van der Waals surface area (Å²) in [6, 6.07) is 34.3. The molecule has 256 valence electrons. The van der Waals surface area contributed by atoms with Crippen molar-refractivity contribution < 1.29 is 24.3 Å². The van der Waals surface area contributed by atoms with Crippen molar-refractivity contribution >= 4 is 63.5 Å². The summed E-state index contributed by atoms with van der Waals surface area (Å²) >= 11 is 6.43. The second-order valence-electron chi connectivity index (χ2n) is 14.1. The Morgan fingerprint density at radius 3 is 2.25 bits per heavy atom. The van der Waals surface area contributed by atoms with Crippen LogP contribution in [-0.4, -0.2) is 28.7 Å². The lowest BCUT2D eigenvalue weighted by molar-refractivity contribution is -0.127. The first-order valence-electron chi connectivity index (χ1n) is 17.5. The minimum absolute atomic E-state index is 0.0133. The standard InChI is InChI=1S/C44H33ClN2O5/c1-2-25-15-18-29(19-16-25)46-40(49)33-21-20-32-34(37(33)42(46)51)24-35-41(50)47(30-13-8-12-28(45)23-30)43(52)44(35,27-10-4-3-5-11-27)39(32)38-31-14-7-6-9-26(31)17-22-36(38)48/h2-20,22-23,33-35,37,39,48H,1,21,24H2. The van der Waals surface area contributed by atoms with Crippen molar-refractivity contribution in [2.45, 2.75) is 24.2 Å². The number of rotatable bonds is 5. The molecule has 6 unspecified atom stereocenters. The molecule has 0 radical (unpaired) electrons. The van der Waals surface area contributed by atoms with Crippen LogP contribution in [0.25, 0.3) is 16.8 Å². The number of nitrogens with zero attached hydrogens (tertiary/aromatic N) is 2. The van der Waals surface area contributed by atoms with Gasteiger partial charge in [-0.25, -0.2) is 4.90 Å². The fraction of sp³-hybridized carbons (Fsp3) is 0.182. The highest BCUT2D eigenvalue weighted by atomic mass is 35.5. The third kappa shape index (κ3) is 4.38. The first-order chi connectivity index (χ1) is 25.2. The summed E-state index contributed by atoms with van der Waals surface area (Å²) in [5.74, 6) is -5.20. The van der Waals surface area contributed by atoms with Gasteiger partial charge < -0.3 is 5.11 Å². The summed E-state index contributed by atoms with van der Waals surface area (Å²) < 4.78 is 0. The predicted molar refractivity (Wildman–Crippen MR) is 201 cm³/mol. The Labute approximate surface area is 305 Å². The maximum Gasteiger partial charge on any atom is 0.246 e. The third-order valence-corrected chi connectivity index (χ3v) is 12.0. The quantitative estimate of drug-likeness (QED) is 0.147. The molecule has 0 aromatic heterocycles. The number of allylic oxidation sites excluding steroid dienone is 2. The summed E-state index contributed by atoms with van der Waals surface area (Å²) in [5, 5.41) is 13.9. The molecule has 4 amide bonds. The Balaban J connectivity index is 1.30. The minimum Gasteiger partial charge on any atom is -0.508 e. The lowest BCUT2D eigenvalue weighted by atomic mass is 9.48. The molecule has 2 saturated heterocycles. The van der Waals surface area contributed by atoms with Crippen molar-refractivity contribution in [2.24, 2.45) is 23.7 Å². The number of fused-ring (bicyclic) bond motifs is 5. The van der Waals surface area contributed by atoms with Gasteiger partial charge in [-0.15, -0.1) is 0 Å². The maximum atomic E-state index is 15.5. The van der Waals surface area contributed by atoms with Gasteiger partial charge in [0.05, 0.1) is 34.5 Å². The van der Waals surface area contributed by atoms with Crippen LogP contribution in [0.4, 0.5) is 11.4 Å². The zero-order valence-corrected chi connectivity index (χ0v) is 28.7. The van der Waals surface area contributed by atoms with Crippen molar-refractivity contribution in [1.29, 1.82) is 0 Å². The fourth-order valence-corrected chi connectivity index (χ4v) is 9.84. The lowest BCUT2D eigenvalue weighted by Gasteiger charge is -2.51. The van der Waals surface area contributed by atoms with E-state index in [4.69, 9.17) is 11.6 Å². The van der Waals surface area contributed by atoms with Crippen LogP contribution >= 0.6 is 11.6 Å². The molecule has 6 atom stereocenters. The highest BCUT2D eigenvalue weighted by Crippen LogP contribution is 2.66. The van der Waals surface area contributed by atoms with Gasteiger partial charge in [-0.3, -0.25) is 24.1 Å². The Morgan fingerprint density at radius 1 is 0.750 bits per heavy atom. The van der Waals surface area contributed by atoms with E-state index in [9.17, 15) is 14.7 Å². The summed E-state index contributed by atoms with van der Waals surface area (Å²) in [6.45, 7) is 3.81. The summed E-state index contributed by atoms with van der Waals surface area (Å²) in [4.78, 5) is 61.9. The van der Waals surface area contributed by atoms with Crippen molar-refractivity contribution in [1.82, 2.24) is 0 Å². The third-order valence-electron chi connectivity index (χ3n) is 11.8. The molecule has 1 saturated carbocycles. The van der Waals surface area contributed by atoms with Crippen LogP contribution in [0.5, 0.6) is 5.75 Å². The Morgan fingerprint density at radius 2 is 1.50 bits per heavy atom. The van der Waals surface area contributed by atoms with Crippen LogP contribution in [0.3, 0.4) is 0 Å². The highest BCUT2D eigenvalue weighted by Gasteiger charge is 2.70. The van der Waals surface area contributed by atoms with Gasteiger partial charge in [0, 0.05) is 16.5 Å². The number of aromatic hydroxyl groups is 1. The van der Waals surface area contributed by atoms with Crippen molar-refractivity contribution in [3.05, 3.63) is 155 Å². The van der Waals surface area contributed by atoms with E-state index in [2.05, 4.69) is 6.58 Å². The molecule has 0 spiro atoms. The van der Waals surface area contributed by atoms with Gasteiger partial charge in [0.2, 0.25) is 23.6 Å². The molecule has 8 heteroatoms. The normalized spacial score (nSPS) is 26.6. The van der Waals surface area contributed by atoms with Gasteiger partial charge in [0.15, 0.2) is 0 Å².